The van der Waals surface area contributed by atoms with Crippen LogP contribution >= 0.6 is 0 Å². The molecule has 2 N–H and O–H groups in total. The van der Waals surface area contributed by atoms with Gasteiger partial charge in [0.1, 0.15) is 11.5 Å². The van der Waals surface area contributed by atoms with Crippen LogP contribution in [-0.4, -0.2) is 21.4 Å². The van der Waals surface area contributed by atoms with Crippen LogP contribution in [0.1, 0.15) is 27.9 Å². The van der Waals surface area contributed by atoms with E-state index in [4.69, 9.17) is 9.98 Å². The first-order valence-electron chi connectivity index (χ1n) is 16.4. The minimum Gasteiger partial charge on any atom is -0.507 e. The Morgan fingerprint density at radius 2 is 1.08 bits per heavy atom. The number of aliphatic imine (C=N–C) groups is 1. The summed E-state index contributed by atoms with van der Waals surface area (Å²) in [7, 11) is 0. The van der Waals surface area contributed by atoms with Crippen LogP contribution < -0.4 is 0 Å². The van der Waals surface area contributed by atoms with Crippen molar-refractivity contribution in [3.63, 3.8) is 0 Å². The van der Waals surface area contributed by atoms with Crippen molar-refractivity contribution < 1.29 is 10.2 Å². The van der Waals surface area contributed by atoms with Gasteiger partial charge in [0.2, 0.25) is 0 Å². The molecule has 0 aliphatic heterocycles. The average molecular weight is 629 g/mol. The molecule has 7 aromatic carbocycles. The topological polar surface area (TPSA) is 65.7 Å². The number of rotatable bonds is 3. The number of phenolic OH excluding ortho intramolecular Hbond substituents is 2. The summed E-state index contributed by atoms with van der Waals surface area (Å²) >= 11 is 0. The number of hydrogen-bond donors (Lipinski definition) is 2. The van der Waals surface area contributed by atoms with Gasteiger partial charge in [0.05, 0.1) is 28.7 Å². The lowest BCUT2D eigenvalue weighted by Gasteiger charge is -2.30. The van der Waals surface area contributed by atoms with Gasteiger partial charge >= 0.3 is 0 Å². The van der Waals surface area contributed by atoms with Gasteiger partial charge in [-0.1, -0.05) is 121 Å². The first-order valence-corrected chi connectivity index (χ1v) is 16.4. The van der Waals surface area contributed by atoms with E-state index < -0.39 is 5.41 Å². The Balaban J connectivity index is 1.21. The fraction of sp³-hybridized carbons (Fsp3) is 0.0222. The van der Waals surface area contributed by atoms with Gasteiger partial charge in [0.25, 0.3) is 0 Å². The van der Waals surface area contributed by atoms with E-state index in [2.05, 4.69) is 84.9 Å². The highest BCUT2D eigenvalue weighted by atomic mass is 16.3. The minimum atomic E-state index is -0.529. The monoisotopic (exact) mass is 628 g/mol. The van der Waals surface area contributed by atoms with E-state index in [9.17, 15) is 10.2 Å². The summed E-state index contributed by atoms with van der Waals surface area (Å²) < 4.78 is 0. The molecule has 1 aromatic heterocycles. The van der Waals surface area contributed by atoms with E-state index in [0.29, 0.717) is 28.0 Å². The Labute approximate surface area is 283 Å². The standard InChI is InChI=1S/C45H28N2O2/c48-42-22-10-13-27-12-9-21-39(44(27)42)46-26-41-29-14-2-1-11-28(29)23-40(47-41)34-24-38-33(25-43(34)49)32-17-5-8-20-37(32)45(38)35-18-6-3-15-30(35)31-16-4-7-19-36(31)45/h1-26,48-49H. The molecule has 8 aromatic rings. The maximum absolute atomic E-state index is 11.8. The number of fused-ring (bicyclic) bond motifs is 12. The number of nitrogens with zero attached hydrogens (tertiary/aromatic N) is 2. The molecule has 49 heavy (non-hydrogen) atoms. The fourth-order valence-corrected chi connectivity index (χ4v) is 8.33. The van der Waals surface area contributed by atoms with E-state index in [1.165, 1.54) is 27.8 Å². The minimum absolute atomic E-state index is 0.176. The van der Waals surface area contributed by atoms with Crippen molar-refractivity contribution in [1.82, 2.24) is 4.98 Å². The molecular formula is C45H28N2O2. The molecule has 4 heteroatoms. The van der Waals surface area contributed by atoms with Crippen LogP contribution in [0.5, 0.6) is 11.5 Å². The van der Waals surface area contributed by atoms with Crippen LogP contribution in [0.4, 0.5) is 5.69 Å². The summed E-state index contributed by atoms with van der Waals surface area (Å²) in [6, 6.07) is 51.5. The predicted molar refractivity (Wildman–Crippen MR) is 198 cm³/mol. The van der Waals surface area contributed by atoms with Crippen LogP contribution in [0, 0.1) is 0 Å². The molecule has 2 aliphatic carbocycles. The van der Waals surface area contributed by atoms with Gasteiger partial charge in [-0.25, -0.2) is 4.98 Å². The number of pyridine rings is 1. The summed E-state index contributed by atoms with van der Waals surface area (Å²) in [4.78, 5) is 10.0. The van der Waals surface area contributed by atoms with Gasteiger partial charge < -0.3 is 10.2 Å². The van der Waals surface area contributed by atoms with Crippen molar-refractivity contribution in [2.24, 2.45) is 4.99 Å². The Bertz CT molecular complexity index is 2660. The van der Waals surface area contributed by atoms with Crippen LogP contribution in [0.25, 0.3) is 55.1 Å². The van der Waals surface area contributed by atoms with Gasteiger partial charge in [0, 0.05) is 16.3 Å². The van der Waals surface area contributed by atoms with E-state index >= 15 is 0 Å². The molecule has 0 saturated carbocycles. The van der Waals surface area contributed by atoms with Crippen LogP contribution in [0.2, 0.25) is 0 Å². The van der Waals surface area contributed by atoms with E-state index in [1.54, 1.807) is 12.3 Å². The Morgan fingerprint density at radius 3 is 1.80 bits per heavy atom. The number of aromatic hydroxyl groups is 2. The van der Waals surface area contributed by atoms with Crippen molar-refractivity contribution in [3.8, 4) is 45.0 Å². The van der Waals surface area contributed by atoms with Crippen LogP contribution in [-0.2, 0) is 5.41 Å². The normalized spacial score (nSPS) is 13.6. The second-order valence-electron chi connectivity index (χ2n) is 12.8. The lowest BCUT2D eigenvalue weighted by molar-refractivity contribution is 0.477. The third kappa shape index (κ3) is 3.80. The average Bonchev–Trinajstić information content (AvgIpc) is 3.60. The predicted octanol–water partition coefficient (Wildman–Crippen LogP) is 10.6. The van der Waals surface area contributed by atoms with Crippen LogP contribution in [0.3, 0.4) is 0 Å². The molecule has 0 unspecified atom stereocenters. The molecule has 0 bridgehead atoms. The zero-order valence-electron chi connectivity index (χ0n) is 26.3. The molecule has 2 aliphatic rings. The molecule has 0 saturated heterocycles. The maximum Gasteiger partial charge on any atom is 0.125 e. The van der Waals surface area contributed by atoms with Gasteiger partial charge in [-0.15, -0.1) is 0 Å². The maximum atomic E-state index is 11.8. The molecule has 0 amide bonds. The highest BCUT2D eigenvalue weighted by Gasteiger charge is 2.51. The fourth-order valence-electron chi connectivity index (χ4n) is 8.33. The molecule has 230 valence electrons. The van der Waals surface area contributed by atoms with Crippen molar-refractivity contribution in [2.45, 2.75) is 5.41 Å². The first-order chi connectivity index (χ1) is 24.1. The van der Waals surface area contributed by atoms with E-state index in [-0.39, 0.29) is 11.5 Å². The molecule has 1 heterocycles. The summed E-state index contributed by atoms with van der Waals surface area (Å²) in [6.45, 7) is 0. The lowest BCUT2D eigenvalue weighted by atomic mass is 9.70. The molecule has 0 radical (unpaired) electrons. The summed E-state index contributed by atoms with van der Waals surface area (Å²) in [5, 5.41) is 26.0. The van der Waals surface area contributed by atoms with Crippen molar-refractivity contribution in [3.05, 3.63) is 180 Å². The number of phenols is 2. The number of hydrogen-bond acceptors (Lipinski definition) is 4. The molecule has 10 rings (SSSR count). The molecular weight excluding hydrogens is 601 g/mol. The Kier molecular flexibility index (Phi) is 5.76. The zero-order valence-corrected chi connectivity index (χ0v) is 26.3. The molecule has 4 nitrogen and oxygen atoms in total. The van der Waals surface area contributed by atoms with Crippen LogP contribution in [0.15, 0.2) is 157 Å². The zero-order chi connectivity index (χ0) is 32.7. The smallest absolute Gasteiger partial charge is 0.125 e. The van der Waals surface area contributed by atoms with E-state index in [0.717, 1.165) is 32.8 Å². The Morgan fingerprint density at radius 1 is 0.490 bits per heavy atom. The van der Waals surface area contributed by atoms with Gasteiger partial charge in [0.15, 0.2) is 0 Å². The molecule has 0 fully saturated rings. The lowest BCUT2D eigenvalue weighted by Crippen LogP contribution is -2.25. The van der Waals surface area contributed by atoms with Crippen molar-refractivity contribution in [2.75, 3.05) is 0 Å². The highest BCUT2D eigenvalue weighted by Crippen LogP contribution is 2.63. The van der Waals surface area contributed by atoms with Crippen molar-refractivity contribution in [1.29, 1.82) is 0 Å². The summed E-state index contributed by atoms with van der Waals surface area (Å²) in [6.07, 6.45) is 1.76. The quantitative estimate of drug-likeness (QED) is 0.191. The molecule has 1 spiro atoms. The SMILES string of the molecule is Oc1cc2c(cc1-c1cc3ccccc3c(C=Nc3cccc4cccc(O)c34)n1)C1(c3ccccc3-c3ccccc31)c1ccccc1-2. The number of benzene rings is 7. The summed E-state index contributed by atoms with van der Waals surface area (Å²) in [5.41, 5.74) is 11.6. The second kappa shape index (κ2) is 10.2. The largest absolute Gasteiger partial charge is 0.507 e. The highest BCUT2D eigenvalue weighted by molar-refractivity contribution is 6.04. The number of aromatic nitrogens is 1. The first kappa shape index (κ1) is 27.6. The van der Waals surface area contributed by atoms with Gasteiger partial charge in [-0.05, 0) is 85.6 Å². The van der Waals surface area contributed by atoms with Gasteiger partial charge in [-0.2, -0.15) is 0 Å². The molecule has 0 atom stereocenters. The Hall–Kier alpha value is -6.52. The summed E-state index contributed by atoms with van der Waals surface area (Å²) in [5.74, 6) is 0.361. The van der Waals surface area contributed by atoms with Crippen molar-refractivity contribution >= 4 is 33.4 Å². The van der Waals surface area contributed by atoms with Gasteiger partial charge in [-0.3, -0.25) is 4.99 Å². The second-order valence-corrected chi connectivity index (χ2v) is 12.8. The third-order valence-corrected chi connectivity index (χ3v) is 10.3. The van der Waals surface area contributed by atoms with E-state index in [1.807, 2.05) is 60.7 Å². The third-order valence-electron chi connectivity index (χ3n) is 10.3.